The van der Waals surface area contributed by atoms with Crippen LogP contribution in [-0.4, -0.2) is 17.7 Å². The average Bonchev–Trinajstić information content (AvgIpc) is 2.20. The van der Waals surface area contributed by atoms with Crippen molar-refractivity contribution >= 4 is 18.0 Å². The number of carbonyl (C=O) groups is 2. The van der Waals surface area contributed by atoms with Crippen molar-refractivity contribution in [3.63, 3.8) is 0 Å². The van der Waals surface area contributed by atoms with E-state index in [-0.39, 0.29) is 5.56 Å². The summed E-state index contributed by atoms with van der Waals surface area (Å²) in [6, 6.07) is 2.65. The van der Waals surface area contributed by atoms with Crippen LogP contribution in [0.4, 0.5) is 8.78 Å². The van der Waals surface area contributed by atoms with Crippen LogP contribution >= 0.6 is 0 Å². The summed E-state index contributed by atoms with van der Waals surface area (Å²) < 4.78 is 35.7. The molecule has 0 saturated carbocycles. The number of hydrogen-bond donors (Lipinski definition) is 0. The minimum absolute atomic E-state index is 0.0288. The number of rotatable bonds is 1. The molecule has 1 aliphatic heterocycles. The minimum Gasteiger partial charge on any atom is -0.419 e. The summed E-state index contributed by atoms with van der Waals surface area (Å²) >= 11 is 0. The lowest BCUT2D eigenvalue weighted by molar-refractivity contribution is -0.222. The highest BCUT2D eigenvalue weighted by Crippen LogP contribution is 2.24. The summed E-state index contributed by atoms with van der Waals surface area (Å²) in [5.74, 6) is -4.77. The Morgan fingerprint density at radius 3 is 1.95 bits per heavy atom. The second-order valence-electron chi connectivity index (χ2n) is 4.44. The summed E-state index contributed by atoms with van der Waals surface area (Å²) in [6.07, 6.45) is 1.02. The second-order valence-corrected chi connectivity index (χ2v) is 4.44. The second kappa shape index (κ2) is 4.46. The van der Waals surface area contributed by atoms with Gasteiger partial charge in [0.2, 0.25) is 0 Å². The molecular weight excluding hydrogens is 258 g/mol. The lowest BCUT2D eigenvalue weighted by Crippen LogP contribution is -2.41. The molecule has 6 heteroatoms. The van der Waals surface area contributed by atoms with Gasteiger partial charge in [-0.15, -0.1) is 0 Å². The molecule has 1 aliphatic rings. The van der Waals surface area contributed by atoms with Gasteiger partial charge in [-0.05, 0) is 23.8 Å². The van der Waals surface area contributed by atoms with Crippen molar-refractivity contribution in [3.05, 3.63) is 41.0 Å². The number of benzene rings is 1. The molecule has 0 unspecified atom stereocenters. The van der Waals surface area contributed by atoms with E-state index in [1.54, 1.807) is 0 Å². The molecule has 100 valence electrons. The Labute approximate surface area is 107 Å². The molecule has 0 amide bonds. The SMILES string of the molecule is CC1(C)OC(=O)C(=Cc2cc(F)cc(F)c2)C(=O)O1. The van der Waals surface area contributed by atoms with Crippen LogP contribution in [0.1, 0.15) is 19.4 Å². The van der Waals surface area contributed by atoms with Crippen molar-refractivity contribution in [2.75, 3.05) is 0 Å². The van der Waals surface area contributed by atoms with E-state index >= 15 is 0 Å². The summed E-state index contributed by atoms with van der Waals surface area (Å²) in [6.45, 7) is 2.81. The molecule has 2 rings (SSSR count). The van der Waals surface area contributed by atoms with E-state index in [9.17, 15) is 18.4 Å². The molecule has 0 bridgehead atoms. The maximum atomic E-state index is 13.0. The quantitative estimate of drug-likeness (QED) is 0.445. The zero-order valence-electron chi connectivity index (χ0n) is 10.2. The fourth-order valence-electron chi connectivity index (χ4n) is 1.60. The van der Waals surface area contributed by atoms with E-state index in [1.807, 2.05) is 0 Å². The molecule has 0 aromatic heterocycles. The van der Waals surface area contributed by atoms with Crippen molar-refractivity contribution in [2.45, 2.75) is 19.6 Å². The molecule has 1 fully saturated rings. The zero-order valence-corrected chi connectivity index (χ0v) is 10.2. The van der Waals surface area contributed by atoms with E-state index in [0.717, 1.165) is 18.2 Å². The van der Waals surface area contributed by atoms with Gasteiger partial charge < -0.3 is 9.47 Å². The van der Waals surface area contributed by atoms with Crippen LogP contribution in [0, 0.1) is 11.6 Å². The number of cyclic esters (lactones) is 2. The molecule has 1 aromatic rings. The van der Waals surface area contributed by atoms with Gasteiger partial charge in [-0.25, -0.2) is 18.4 Å². The van der Waals surface area contributed by atoms with E-state index < -0.39 is 34.9 Å². The van der Waals surface area contributed by atoms with E-state index in [2.05, 4.69) is 0 Å². The molecule has 0 atom stereocenters. The Morgan fingerprint density at radius 2 is 1.47 bits per heavy atom. The Hall–Kier alpha value is -2.24. The van der Waals surface area contributed by atoms with Gasteiger partial charge in [0.1, 0.15) is 17.2 Å². The maximum Gasteiger partial charge on any atom is 0.348 e. The van der Waals surface area contributed by atoms with E-state index in [1.165, 1.54) is 13.8 Å². The number of ether oxygens (including phenoxy) is 2. The molecule has 19 heavy (non-hydrogen) atoms. The molecule has 1 heterocycles. The summed E-state index contributed by atoms with van der Waals surface area (Å²) in [4.78, 5) is 23.2. The highest BCUT2D eigenvalue weighted by molar-refractivity contribution is 6.18. The predicted molar refractivity (Wildman–Crippen MR) is 60.6 cm³/mol. The smallest absolute Gasteiger partial charge is 0.348 e. The molecule has 1 aromatic carbocycles. The Kier molecular flexibility index (Phi) is 3.09. The molecular formula is C13H10F2O4. The fraction of sp³-hybridized carbons (Fsp3) is 0.231. The Morgan fingerprint density at radius 1 is 1.00 bits per heavy atom. The first-order valence-electron chi connectivity index (χ1n) is 5.41. The number of halogens is 2. The van der Waals surface area contributed by atoms with Crippen molar-refractivity contribution in [1.29, 1.82) is 0 Å². The largest absolute Gasteiger partial charge is 0.419 e. The van der Waals surface area contributed by atoms with Crippen LogP contribution in [0.15, 0.2) is 23.8 Å². The van der Waals surface area contributed by atoms with Crippen LogP contribution in [0.5, 0.6) is 0 Å². The maximum absolute atomic E-state index is 13.0. The molecule has 0 spiro atoms. The fourth-order valence-corrected chi connectivity index (χ4v) is 1.60. The van der Waals surface area contributed by atoms with Crippen LogP contribution < -0.4 is 0 Å². The van der Waals surface area contributed by atoms with Crippen LogP contribution in [-0.2, 0) is 19.1 Å². The van der Waals surface area contributed by atoms with Gasteiger partial charge in [-0.3, -0.25) is 0 Å². The molecule has 0 aliphatic carbocycles. The first kappa shape index (κ1) is 13.2. The van der Waals surface area contributed by atoms with Gasteiger partial charge in [0.05, 0.1) is 0 Å². The summed E-state index contributed by atoms with van der Waals surface area (Å²) in [7, 11) is 0. The standard InChI is InChI=1S/C13H10F2O4/c1-13(2)18-11(16)10(12(17)19-13)5-7-3-8(14)6-9(15)4-7/h3-6H,1-2H3. The van der Waals surface area contributed by atoms with E-state index in [4.69, 9.17) is 9.47 Å². The van der Waals surface area contributed by atoms with Crippen molar-refractivity contribution < 1.29 is 27.8 Å². The molecule has 1 saturated heterocycles. The van der Waals surface area contributed by atoms with Gasteiger partial charge in [0.25, 0.3) is 5.79 Å². The van der Waals surface area contributed by atoms with Crippen molar-refractivity contribution in [2.24, 2.45) is 0 Å². The minimum atomic E-state index is -1.35. The van der Waals surface area contributed by atoms with Gasteiger partial charge in [0, 0.05) is 19.9 Å². The third kappa shape index (κ3) is 2.96. The highest BCUT2D eigenvalue weighted by atomic mass is 19.1. The first-order valence-corrected chi connectivity index (χ1v) is 5.41. The number of esters is 2. The number of hydrogen-bond acceptors (Lipinski definition) is 4. The van der Waals surface area contributed by atoms with Gasteiger partial charge in [-0.1, -0.05) is 0 Å². The summed E-state index contributed by atoms with van der Waals surface area (Å²) in [5.41, 5.74) is -0.384. The summed E-state index contributed by atoms with van der Waals surface area (Å²) in [5, 5.41) is 0. The average molecular weight is 268 g/mol. The third-order valence-electron chi connectivity index (χ3n) is 2.31. The Balaban J connectivity index is 2.38. The van der Waals surface area contributed by atoms with E-state index in [0.29, 0.717) is 6.07 Å². The molecule has 0 radical (unpaired) electrons. The normalized spacial score (nSPS) is 17.8. The highest BCUT2D eigenvalue weighted by Gasteiger charge is 2.38. The van der Waals surface area contributed by atoms with Gasteiger partial charge in [-0.2, -0.15) is 0 Å². The topological polar surface area (TPSA) is 52.6 Å². The lowest BCUT2D eigenvalue weighted by Gasteiger charge is -2.29. The van der Waals surface area contributed by atoms with Crippen molar-refractivity contribution in [1.82, 2.24) is 0 Å². The Bertz CT molecular complexity index is 548. The molecule has 0 N–H and O–H groups in total. The van der Waals surface area contributed by atoms with Crippen LogP contribution in [0.25, 0.3) is 6.08 Å². The van der Waals surface area contributed by atoms with Crippen LogP contribution in [0.2, 0.25) is 0 Å². The van der Waals surface area contributed by atoms with Crippen molar-refractivity contribution in [3.8, 4) is 0 Å². The predicted octanol–water partition coefficient (Wildman–Crippen LogP) is 2.18. The van der Waals surface area contributed by atoms with Gasteiger partial charge in [0.15, 0.2) is 0 Å². The molecule has 4 nitrogen and oxygen atoms in total. The zero-order chi connectivity index (χ0) is 14.2. The first-order chi connectivity index (χ1) is 8.77. The number of carbonyl (C=O) groups excluding carboxylic acids is 2. The van der Waals surface area contributed by atoms with Crippen LogP contribution in [0.3, 0.4) is 0 Å². The monoisotopic (exact) mass is 268 g/mol. The third-order valence-corrected chi connectivity index (χ3v) is 2.31. The lowest BCUT2D eigenvalue weighted by atomic mass is 10.1. The van der Waals surface area contributed by atoms with Gasteiger partial charge >= 0.3 is 11.9 Å².